The number of rotatable bonds is 4. The van der Waals surface area contributed by atoms with E-state index in [4.69, 9.17) is 9.84 Å². The van der Waals surface area contributed by atoms with Crippen molar-refractivity contribution in [3.63, 3.8) is 0 Å². The van der Waals surface area contributed by atoms with E-state index in [1.807, 2.05) is 0 Å². The molecule has 0 saturated carbocycles. The van der Waals surface area contributed by atoms with Crippen LogP contribution in [0.25, 0.3) is 0 Å². The van der Waals surface area contributed by atoms with Crippen molar-refractivity contribution in [3.8, 4) is 0 Å². The van der Waals surface area contributed by atoms with Gasteiger partial charge in [0, 0.05) is 13.1 Å². The highest BCUT2D eigenvalue weighted by Crippen LogP contribution is 2.25. The summed E-state index contributed by atoms with van der Waals surface area (Å²) in [6, 6.07) is -0.815. The van der Waals surface area contributed by atoms with Crippen molar-refractivity contribution in [3.05, 3.63) is 0 Å². The number of hydrogen-bond acceptors (Lipinski definition) is 9. The summed E-state index contributed by atoms with van der Waals surface area (Å²) in [4.78, 5) is 1.49. The molecule has 21 heavy (non-hydrogen) atoms. The van der Waals surface area contributed by atoms with E-state index < -0.39 is 62.0 Å². The predicted octanol–water partition coefficient (Wildman–Crippen LogP) is -4.77. The van der Waals surface area contributed by atoms with E-state index in [0.29, 0.717) is 0 Å². The highest BCUT2D eigenvalue weighted by molar-refractivity contribution is 4.98. The van der Waals surface area contributed by atoms with Gasteiger partial charge in [0.25, 0.3) is 0 Å². The molecule has 2 saturated heterocycles. The first-order valence-electron chi connectivity index (χ1n) is 6.92. The van der Waals surface area contributed by atoms with Gasteiger partial charge in [0.15, 0.2) is 0 Å². The molecule has 9 heteroatoms. The average molecular weight is 309 g/mol. The average Bonchev–Trinajstić information content (AvgIpc) is 2.73. The van der Waals surface area contributed by atoms with Gasteiger partial charge < -0.3 is 40.5 Å². The summed E-state index contributed by atoms with van der Waals surface area (Å²) in [5.41, 5.74) is 0. The lowest BCUT2D eigenvalue weighted by atomic mass is 9.93. The molecule has 0 radical (unpaired) electrons. The van der Waals surface area contributed by atoms with Crippen LogP contribution in [0.1, 0.15) is 0 Å². The number of hydrogen-bond donors (Lipinski definition) is 7. The maximum atomic E-state index is 9.88. The second-order valence-corrected chi connectivity index (χ2v) is 5.63. The summed E-state index contributed by atoms with van der Waals surface area (Å²) in [5.74, 6) is 0. The van der Waals surface area contributed by atoms with Crippen LogP contribution in [0.2, 0.25) is 0 Å². The van der Waals surface area contributed by atoms with Gasteiger partial charge in [-0.05, 0) is 0 Å². The second-order valence-electron chi connectivity index (χ2n) is 5.63. The van der Waals surface area contributed by atoms with Crippen molar-refractivity contribution < 1.29 is 40.5 Å². The van der Waals surface area contributed by atoms with Crippen LogP contribution in [-0.2, 0) is 4.74 Å². The van der Waals surface area contributed by atoms with Crippen LogP contribution >= 0.6 is 0 Å². The lowest BCUT2D eigenvalue weighted by Gasteiger charge is -2.44. The molecule has 0 aromatic carbocycles. The van der Waals surface area contributed by atoms with Crippen molar-refractivity contribution in [2.45, 2.75) is 48.8 Å². The molecule has 124 valence electrons. The molecule has 0 spiro atoms. The number of piperidine rings is 1. The molecule has 0 unspecified atom stereocenters. The third-order valence-corrected chi connectivity index (χ3v) is 4.27. The van der Waals surface area contributed by atoms with Crippen LogP contribution in [0.5, 0.6) is 0 Å². The first kappa shape index (κ1) is 17.0. The zero-order valence-electron chi connectivity index (χ0n) is 11.4. The number of β-amino-alcohol motifs (C(OH)–C–C–N with tert-alkyl or cyclic N) is 1. The van der Waals surface area contributed by atoms with Crippen LogP contribution in [0.4, 0.5) is 0 Å². The van der Waals surface area contributed by atoms with Gasteiger partial charge in [-0.2, -0.15) is 0 Å². The van der Waals surface area contributed by atoms with Crippen LogP contribution in [-0.4, -0.2) is 116 Å². The molecular formula is C12H23NO8. The molecule has 0 bridgehead atoms. The number of likely N-dealkylation sites (tertiary alicyclic amines) is 1. The Bertz CT molecular complexity index is 345. The number of aliphatic hydroxyl groups excluding tert-OH is 7. The quantitative estimate of drug-likeness (QED) is 0.271. The van der Waals surface area contributed by atoms with Gasteiger partial charge in [0.2, 0.25) is 0 Å². The second kappa shape index (κ2) is 6.82. The Morgan fingerprint density at radius 2 is 1.43 bits per heavy atom. The maximum absolute atomic E-state index is 9.88. The van der Waals surface area contributed by atoms with Crippen LogP contribution in [0, 0.1) is 0 Å². The van der Waals surface area contributed by atoms with Crippen molar-refractivity contribution in [2.75, 3.05) is 26.3 Å². The molecule has 0 aromatic rings. The Morgan fingerprint density at radius 1 is 0.810 bits per heavy atom. The van der Waals surface area contributed by atoms with Crippen LogP contribution in [0.15, 0.2) is 0 Å². The monoisotopic (exact) mass is 309 g/mol. The van der Waals surface area contributed by atoms with Crippen molar-refractivity contribution in [2.24, 2.45) is 0 Å². The first-order chi connectivity index (χ1) is 9.90. The molecule has 2 heterocycles. The van der Waals surface area contributed by atoms with E-state index in [0.717, 1.165) is 0 Å². The normalized spacial score (nSPS) is 48.7. The molecule has 0 aromatic heterocycles. The standard InChI is InChI=1S/C12H23NO8/c14-3-5-9(17)10(18)6(16)1-13(5)2-7-11(19)12(20)8(4-15)21-7/h5-12,14-20H,1-4H2/t5-,6+,7+,8-,9+,10+,11+,12+/m0/s1. The lowest BCUT2D eigenvalue weighted by Crippen LogP contribution is -2.64. The van der Waals surface area contributed by atoms with Gasteiger partial charge in [0.1, 0.15) is 30.5 Å². The largest absolute Gasteiger partial charge is 0.395 e. The van der Waals surface area contributed by atoms with Crippen molar-refractivity contribution in [1.29, 1.82) is 0 Å². The summed E-state index contributed by atoms with van der Waals surface area (Å²) in [6.45, 7) is -0.876. The lowest BCUT2D eigenvalue weighted by molar-refractivity contribution is -0.154. The molecule has 2 rings (SSSR count). The van der Waals surface area contributed by atoms with Gasteiger partial charge in [-0.1, -0.05) is 0 Å². The predicted molar refractivity (Wildman–Crippen MR) is 68.2 cm³/mol. The van der Waals surface area contributed by atoms with E-state index in [1.54, 1.807) is 0 Å². The van der Waals surface area contributed by atoms with Gasteiger partial charge in [-0.15, -0.1) is 0 Å². The van der Waals surface area contributed by atoms with E-state index in [-0.39, 0.29) is 13.1 Å². The minimum atomic E-state index is -1.36. The molecule has 0 amide bonds. The van der Waals surface area contributed by atoms with E-state index in [2.05, 4.69) is 0 Å². The summed E-state index contributed by atoms with van der Waals surface area (Å²) in [6.07, 6.45) is -8.07. The van der Waals surface area contributed by atoms with E-state index in [9.17, 15) is 30.6 Å². The van der Waals surface area contributed by atoms with Gasteiger partial charge in [-0.25, -0.2) is 0 Å². The number of aliphatic hydroxyl groups is 7. The van der Waals surface area contributed by atoms with Gasteiger partial charge in [-0.3, -0.25) is 4.90 Å². The SMILES string of the molecule is OC[C@@H]1O[C@H](CN2C[C@@H](O)[C@@H](O)[C@H](O)[C@@H]2CO)[C@@H](O)[C@@H]1O. The third-order valence-electron chi connectivity index (χ3n) is 4.27. The fourth-order valence-electron chi connectivity index (χ4n) is 2.95. The molecule has 2 aliphatic rings. The molecule has 2 fully saturated rings. The Labute approximate surface area is 121 Å². The van der Waals surface area contributed by atoms with Crippen molar-refractivity contribution in [1.82, 2.24) is 4.90 Å². The highest BCUT2D eigenvalue weighted by atomic mass is 16.6. The minimum Gasteiger partial charge on any atom is -0.395 e. The zero-order valence-corrected chi connectivity index (χ0v) is 11.4. The Balaban J connectivity index is 2.04. The third kappa shape index (κ3) is 3.21. The van der Waals surface area contributed by atoms with E-state index in [1.165, 1.54) is 4.90 Å². The molecule has 8 atom stereocenters. The summed E-state index contributed by atoms with van der Waals surface area (Å²) < 4.78 is 5.33. The molecule has 0 aliphatic carbocycles. The number of ether oxygens (including phenoxy) is 1. The molecule has 2 aliphatic heterocycles. The fourth-order valence-corrected chi connectivity index (χ4v) is 2.95. The Hall–Kier alpha value is -0.360. The molecular weight excluding hydrogens is 286 g/mol. The fraction of sp³-hybridized carbons (Fsp3) is 1.00. The highest BCUT2D eigenvalue weighted by Gasteiger charge is 2.46. The number of nitrogens with zero attached hydrogens (tertiary/aromatic N) is 1. The van der Waals surface area contributed by atoms with Gasteiger partial charge >= 0.3 is 0 Å². The smallest absolute Gasteiger partial charge is 0.111 e. The zero-order chi connectivity index (χ0) is 15.7. The topological polar surface area (TPSA) is 154 Å². The van der Waals surface area contributed by atoms with Gasteiger partial charge in [0.05, 0.1) is 31.5 Å². The molecule has 7 N–H and O–H groups in total. The molecule has 9 nitrogen and oxygen atoms in total. The first-order valence-corrected chi connectivity index (χ1v) is 6.92. The van der Waals surface area contributed by atoms with Crippen LogP contribution < -0.4 is 0 Å². The summed E-state index contributed by atoms with van der Waals surface area (Å²) in [7, 11) is 0. The Morgan fingerprint density at radius 3 is 1.95 bits per heavy atom. The van der Waals surface area contributed by atoms with Crippen molar-refractivity contribution >= 4 is 0 Å². The minimum absolute atomic E-state index is 0.0179. The van der Waals surface area contributed by atoms with E-state index >= 15 is 0 Å². The summed E-state index contributed by atoms with van der Waals surface area (Å²) >= 11 is 0. The van der Waals surface area contributed by atoms with Crippen LogP contribution in [0.3, 0.4) is 0 Å². The Kier molecular flexibility index (Phi) is 5.52. The summed E-state index contributed by atoms with van der Waals surface area (Å²) in [5, 5.41) is 67.1. The maximum Gasteiger partial charge on any atom is 0.111 e.